The molecule has 2 N–H and O–H groups in total. The van der Waals surface area contributed by atoms with Crippen molar-refractivity contribution in [1.82, 2.24) is 5.32 Å². The van der Waals surface area contributed by atoms with E-state index in [1.165, 1.54) is 0 Å². The lowest BCUT2D eigenvalue weighted by atomic mass is 9.71. The van der Waals surface area contributed by atoms with Gasteiger partial charge in [0.05, 0.1) is 5.92 Å². The van der Waals surface area contributed by atoms with Gasteiger partial charge in [-0.25, -0.2) is 0 Å². The Labute approximate surface area is 147 Å². The van der Waals surface area contributed by atoms with Crippen LogP contribution in [0.1, 0.15) is 44.2 Å². The molecule has 2 aliphatic rings. The van der Waals surface area contributed by atoms with E-state index in [9.17, 15) is 14.4 Å². The van der Waals surface area contributed by atoms with Gasteiger partial charge >= 0.3 is 0 Å². The van der Waals surface area contributed by atoms with Crippen molar-refractivity contribution in [3.05, 3.63) is 40.6 Å². The van der Waals surface area contributed by atoms with Crippen LogP contribution in [0.4, 0.5) is 5.69 Å². The van der Waals surface area contributed by atoms with Crippen LogP contribution < -0.4 is 10.6 Å². The number of anilines is 1. The number of benzene rings is 1. The summed E-state index contributed by atoms with van der Waals surface area (Å²) < 4.78 is 0. The number of ketones is 1. The second kappa shape index (κ2) is 6.14. The Morgan fingerprint density at radius 2 is 1.88 bits per heavy atom. The van der Waals surface area contributed by atoms with E-state index in [0.717, 1.165) is 11.1 Å². The molecule has 0 saturated heterocycles. The molecule has 5 heteroatoms. The molecule has 0 aromatic heterocycles. The zero-order valence-corrected chi connectivity index (χ0v) is 15.2. The first-order valence-electron chi connectivity index (χ1n) is 8.60. The SMILES string of the molecule is Cc1ccc(NC(=O)C2CC(=O)NC3=C2C(=O)CC(C)(C)C3)cc1C. The van der Waals surface area contributed by atoms with Gasteiger partial charge in [-0.3, -0.25) is 14.4 Å². The topological polar surface area (TPSA) is 75.3 Å². The Balaban J connectivity index is 1.89. The summed E-state index contributed by atoms with van der Waals surface area (Å²) in [5, 5.41) is 5.68. The van der Waals surface area contributed by atoms with Crippen LogP contribution in [0.15, 0.2) is 29.5 Å². The molecule has 1 aliphatic heterocycles. The van der Waals surface area contributed by atoms with Gasteiger partial charge in [0, 0.05) is 29.8 Å². The van der Waals surface area contributed by atoms with E-state index in [4.69, 9.17) is 0 Å². The fourth-order valence-electron chi connectivity index (χ4n) is 3.63. The Bertz CT molecular complexity index is 805. The van der Waals surface area contributed by atoms with Crippen LogP contribution in [0, 0.1) is 25.2 Å². The number of carbonyl (C=O) groups is 3. The van der Waals surface area contributed by atoms with E-state index in [0.29, 0.717) is 29.8 Å². The molecule has 0 radical (unpaired) electrons. The van der Waals surface area contributed by atoms with Crippen molar-refractivity contribution in [3.63, 3.8) is 0 Å². The third kappa shape index (κ3) is 3.50. The van der Waals surface area contributed by atoms with Gasteiger partial charge in [-0.15, -0.1) is 0 Å². The largest absolute Gasteiger partial charge is 0.329 e. The second-order valence-electron chi connectivity index (χ2n) is 7.93. The Kier molecular flexibility index (Phi) is 4.27. The van der Waals surface area contributed by atoms with Gasteiger partial charge in [-0.1, -0.05) is 19.9 Å². The first-order chi connectivity index (χ1) is 11.7. The molecule has 0 spiro atoms. The van der Waals surface area contributed by atoms with Crippen LogP contribution >= 0.6 is 0 Å². The highest BCUT2D eigenvalue weighted by Gasteiger charge is 2.42. The molecule has 25 heavy (non-hydrogen) atoms. The summed E-state index contributed by atoms with van der Waals surface area (Å²) in [6.07, 6.45) is 1.02. The quantitative estimate of drug-likeness (QED) is 0.869. The maximum atomic E-state index is 12.8. The molecule has 1 unspecified atom stereocenters. The summed E-state index contributed by atoms with van der Waals surface area (Å²) in [5.74, 6) is -1.25. The fourth-order valence-corrected chi connectivity index (χ4v) is 3.63. The van der Waals surface area contributed by atoms with Crippen molar-refractivity contribution in [2.75, 3.05) is 5.32 Å². The molecule has 5 nitrogen and oxygen atoms in total. The molecular weight excluding hydrogens is 316 g/mol. The maximum Gasteiger partial charge on any atom is 0.232 e. The lowest BCUT2D eigenvalue weighted by molar-refractivity contribution is -0.129. The molecule has 1 aromatic carbocycles. The summed E-state index contributed by atoms with van der Waals surface area (Å²) in [6.45, 7) is 7.98. The minimum Gasteiger partial charge on any atom is -0.329 e. The number of carbonyl (C=O) groups excluding carboxylic acids is 3. The molecule has 1 atom stereocenters. The van der Waals surface area contributed by atoms with Crippen LogP contribution in [-0.2, 0) is 14.4 Å². The van der Waals surface area contributed by atoms with Gasteiger partial charge in [0.1, 0.15) is 0 Å². The highest BCUT2D eigenvalue weighted by Crippen LogP contribution is 2.40. The van der Waals surface area contributed by atoms with Crippen molar-refractivity contribution < 1.29 is 14.4 Å². The highest BCUT2D eigenvalue weighted by atomic mass is 16.2. The number of hydrogen-bond donors (Lipinski definition) is 2. The maximum absolute atomic E-state index is 12.8. The number of amides is 2. The lowest BCUT2D eigenvalue weighted by Gasteiger charge is -2.37. The lowest BCUT2D eigenvalue weighted by Crippen LogP contribution is -2.44. The standard InChI is InChI=1S/C20H24N2O3/c1-11-5-6-13(7-12(11)2)21-19(25)14-8-17(24)22-15-9-20(3,4)10-16(23)18(14)15/h5-7,14H,8-10H2,1-4H3,(H,21,25)(H,22,24). The minimum atomic E-state index is -0.714. The number of Topliss-reactive ketones (excluding diaryl/α,β-unsaturated/α-hetero) is 1. The van der Waals surface area contributed by atoms with Crippen molar-refractivity contribution in [3.8, 4) is 0 Å². The summed E-state index contributed by atoms with van der Waals surface area (Å²) in [7, 11) is 0. The van der Waals surface area contributed by atoms with E-state index in [1.807, 2.05) is 45.9 Å². The monoisotopic (exact) mass is 340 g/mol. The molecule has 2 amide bonds. The smallest absolute Gasteiger partial charge is 0.232 e. The minimum absolute atomic E-state index is 0.0156. The molecule has 1 heterocycles. The van der Waals surface area contributed by atoms with E-state index < -0.39 is 5.92 Å². The van der Waals surface area contributed by atoms with E-state index in [-0.39, 0.29) is 29.4 Å². The van der Waals surface area contributed by atoms with Crippen LogP contribution in [0.2, 0.25) is 0 Å². The predicted octanol–water partition coefficient (Wildman–Crippen LogP) is 3.02. The van der Waals surface area contributed by atoms with E-state index >= 15 is 0 Å². The van der Waals surface area contributed by atoms with Gasteiger partial charge < -0.3 is 10.6 Å². The predicted molar refractivity (Wildman–Crippen MR) is 95.8 cm³/mol. The number of rotatable bonds is 2. The molecule has 132 valence electrons. The first-order valence-corrected chi connectivity index (χ1v) is 8.60. The Morgan fingerprint density at radius 1 is 1.16 bits per heavy atom. The van der Waals surface area contributed by atoms with Gasteiger partial charge in [-0.2, -0.15) is 0 Å². The summed E-state index contributed by atoms with van der Waals surface area (Å²) in [6, 6.07) is 5.68. The van der Waals surface area contributed by atoms with Gasteiger partial charge in [0.2, 0.25) is 11.8 Å². The Morgan fingerprint density at radius 3 is 2.56 bits per heavy atom. The number of nitrogens with one attached hydrogen (secondary N) is 2. The van der Waals surface area contributed by atoms with Crippen LogP contribution in [0.5, 0.6) is 0 Å². The third-order valence-electron chi connectivity index (χ3n) is 5.04. The summed E-state index contributed by atoms with van der Waals surface area (Å²) in [5.41, 5.74) is 3.82. The number of hydrogen-bond acceptors (Lipinski definition) is 3. The molecule has 0 fully saturated rings. The van der Waals surface area contributed by atoms with Gasteiger partial charge in [0.25, 0.3) is 0 Å². The normalized spacial score (nSPS) is 22.3. The zero-order chi connectivity index (χ0) is 18.4. The van der Waals surface area contributed by atoms with E-state index in [1.54, 1.807) is 0 Å². The molecular formula is C20H24N2O3. The molecule has 3 rings (SSSR count). The van der Waals surface area contributed by atoms with Gasteiger partial charge in [-0.05, 0) is 48.9 Å². The highest BCUT2D eigenvalue weighted by molar-refractivity contribution is 6.09. The molecule has 0 saturated carbocycles. The van der Waals surface area contributed by atoms with Crippen molar-refractivity contribution >= 4 is 23.3 Å². The summed E-state index contributed by atoms with van der Waals surface area (Å²) in [4.78, 5) is 37.5. The number of aryl methyl sites for hydroxylation is 2. The van der Waals surface area contributed by atoms with Crippen LogP contribution in [0.25, 0.3) is 0 Å². The van der Waals surface area contributed by atoms with E-state index in [2.05, 4.69) is 10.6 Å². The first kappa shape index (κ1) is 17.4. The number of allylic oxidation sites excluding steroid dienone is 1. The second-order valence-corrected chi connectivity index (χ2v) is 7.93. The molecule has 1 aliphatic carbocycles. The van der Waals surface area contributed by atoms with Crippen LogP contribution in [0.3, 0.4) is 0 Å². The average Bonchev–Trinajstić information content (AvgIpc) is 2.48. The molecule has 0 bridgehead atoms. The van der Waals surface area contributed by atoms with Crippen molar-refractivity contribution in [2.24, 2.45) is 11.3 Å². The van der Waals surface area contributed by atoms with Crippen molar-refractivity contribution in [2.45, 2.75) is 47.0 Å². The fraction of sp³-hybridized carbons (Fsp3) is 0.450. The Hall–Kier alpha value is -2.43. The summed E-state index contributed by atoms with van der Waals surface area (Å²) >= 11 is 0. The van der Waals surface area contributed by atoms with Crippen LogP contribution in [-0.4, -0.2) is 17.6 Å². The van der Waals surface area contributed by atoms with Gasteiger partial charge in [0.15, 0.2) is 5.78 Å². The molecule has 1 aromatic rings. The zero-order valence-electron chi connectivity index (χ0n) is 15.2. The average molecular weight is 340 g/mol. The third-order valence-corrected chi connectivity index (χ3v) is 5.04. The van der Waals surface area contributed by atoms with Crippen molar-refractivity contribution in [1.29, 1.82) is 0 Å².